The molecule has 3 aromatic rings. The van der Waals surface area contributed by atoms with Crippen molar-refractivity contribution in [2.24, 2.45) is 11.7 Å². The maximum absolute atomic E-state index is 13.2. The highest BCUT2D eigenvalue weighted by Gasteiger charge is 2.32. The number of hydrogen-bond donors (Lipinski definition) is 1. The Morgan fingerprint density at radius 2 is 1.94 bits per heavy atom. The molecule has 2 unspecified atom stereocenters. The number of rotatable bonds is 12. The van der Waals surface area contributed by atoms with Gasteiger partial charge in [-0.3, -0.25) is 4.79 Å². The molecule has 0 aliphatic carbocycles. The first-order chi connectivity index (χ1) is 16.8. The lowest BCUT2D eigenvalue weighted by Gasteiger charge is -2.35. The quantitative estimate of drug-likeness (QED) is 0.375. The lowest BCUT2D eigenvalue weighted by molar-refractivity contribution is -0.139. The zero-order chi connectivity index (χ0) is 25.4. The largest absolute Gasteiger partial charge is 0.375 e. The Morgan fingerprint density at radius 3 is 2.57 bits per heavy atom. The van der Waals surface area contributed by atoms with Gasteiger partial charge in [-0.15, -0.1) is 0 Å². The molecule has 6 nitrogen and oxygen atoms in total. The molecule has 188 valence electrons. The fourth-order valence-electron chi connectivity index (χ4n) is 4.16. The molecule has 2 aromatic carbocycles. The van der Waals surface area contributed by atoms with Crippen LogP contribution in [0.15, 0.2) is 60.8 Å². The van der Waals surface area contributed by atoms with E-state index in [4.69, 9.17) is 27.1 Å². The fraction of sp³-hybridized carbons (Fsp3) is 0.407. The molecule has 8 heteroatoms. The highest BCUT2D eigenvalue weighted by molar-refractivity contribution is 6.30. The van der Waals surface area contributed by atoms with Crippen molar-refractivity contribution in [3.8, 4) is 11.3 Å². The summed E-state index contributed by atoms with van der Waals surface area (Å²) >= 11 is 6.25. The van der Waals surface area contributed by atoms with Crippen LogP contribution in [0.3, 0.4) is 0 Å². The highest BCUT2D eigenvalue weighted by Crippen LogP contribution is 2.32. The van der Waals surface area contributed by atoms with E-state index in [0.29, 0.717) is 24.5 Å². The van der Waals surface area contributed by atoms with Crippen LogP contribution in [-0.4, -0.2) is 53.3 Å². The van der Waals surface area contributed by atoms with Crippen molar-refractivity contribution in [3.05, 3.63) is 77.2 Å². The summed E-state index contributed by atoms with van der Waals surface area (Å²) in [4.78, 5) is 19.9. The predicted molar refractivity (Wildman–Crippen MR) is 138 cm³/mol. The molecule has 0 radical (unpaired) electrons. The van der Waals surface area contributed by atoms with Gasteiger partial charge in [0.1, 0.15) is 19.1 Å². The third-order valence-corrected chi connectivity index (χ3v) is 6.12. The Morgan fingerprint density at radius 1 is 1.20 bits per heavy atom. The van der Waals surface area contributed by atoms with Crippen LogP contribution in [0, 0.1) is 5.92 Å². The number of benzene rings is 2. The first-order valence-electron chi connectivity index (χ1n) is 11.8. The van der Waals surface area contributed by atoms with Gasteiger partial charge < -0.3 is 19.9 Å². The molecule has 35 heavy (non-hydrogen) atoms. The smallest absolute Gasteiger partial charge is 0.249 e. The van der Waals surface area contributed by atoms with Crippen molar-refractivity contribution in [2.45, 2.75) is 38.9 Å². The minimum absolute atomic E-state index is 0.0292. The molecule has 2 atom stereocenters. The zero-order valence-corrected chi connectivity index (χ0v) is 21.3. The van der Waals surface area contributed by atoms with Gasteiger partial charge >= 0.3 is 0 Å². The molecule has 0 saturated heterocycles. The van der Waals surface area contributed by atoms with Gasteiger partial charge in [0.05, 0.1) is 11.7 Å². The molecular weight excluding hydrogens is 467 g/mol. The second kappa shape index (κ2) is 12.8. The van der Waals surface area contributed by atoms with Crippen LogP contribution in [0.25, 0.3) is 11.3 Å². The number of nitrogens with zero attached hydrogens (tertiary/aromatic N) is 3. The average molecular weight is 501 g/mol. The summed E-state index contributed by atoms with van der Waals surface area (Å²) in [5.74, 6) is 0.592. The number of amides is 1. The summed E-state index contributed by atoms with van der Waals surface area (Å²) in [7, 11) is 1.49. The summed E-state index contributed by atoms with van der Waals surface area (Å²) in [5, 5.41) is 0.624. The molecule has 1 heterocycles. The summed E-state index contributed by atoms with van der Waals surface area (Å²) in [6.07, 6.45) is 2.34. The van der Waals surface area contributed by atoms with Gasteiger partial charge in [-0.05, 0) is 30.0 Å². The highest BCUT2D eigenvalue weighted by atomic mass is 35.5. The fourth-order valence-corrected chi connectivity index (χ4v) is 4.35. The Labute approximate surface area is 211 Å². The van der Waals surface area contributed by atoms with Gasteiger partial charge in [-0.25, -0.2) is 9.37 Å². The molecular formula is C27H34ClFN4O2. The molecule has 2 N–H and O–H groups in total. The maximum Gasteiger partial charge on any atom is 0.249 e. The molecule has 3 rings (SSSR count). The third-order valence-electron chi connectivity index (χ3n) is 5.88. The molecule has 0 aliphatic rings. The number of ether oxygens (including phenoxy) is 1. The Hall–Kier alpha value is -2.74. The number of alkyl halides is 1. The number of carbonyl (C=O) groups excluding carboxylic acids is 1. The van der Waals surface area contributed by atoms with Crippen molar-refractivity contribution in [3.63, 3.8) is 0 Å². The second-order valence-electron chi connectivity index (χ2n) is 9.02. The minimum atomic E-state index is -0.639. The van der Waals surface area contributed by atoms with E-state index in [1.807, 2.05) is 62.5 Å². The van der Waals surface area contributed by atoms with Gasteiger partial charge in [-0.2, -0.15) is 0 Å². The predicted octanol–water partition coefficient (Wildman–Crippen LogP) is 5.11. The van der Waals surface area contributed by atoms with E-state index in [9.17, 15) is 9.18 Å². The SMILES string of the molecule is COCC(=O)N(CCC(N)CF)C(c1nc(-c2cccc(Cl)c2)cn1Cc1ccccc1)C(C)C. The number of aromatic nitrogens is 2. The first kappa shape index (κ1) is 26.9. The van der Waals surface area contributed by atoms with Gasteiger partial charge in [0.15, 0.2) is 0 Å². The van der Waals surface area contributed by atoms with E-state index in [1.165, 1.54) is 7.11 Å². The van der Waals surface area contributed by atoms with Crippen molar-refractivity contribution in [1.29, 1.82) is 0 Å². The van der Waals surface area contributed by atoms with Gasteiger partial charge in [-0.1, -0.05) is 67.9 Å². The third kappa shape index (κ3) is 7.13. The summed E-state index contributed by atoms with van der Waals surface area (Å²) in [6.45, 7) is 4.28. The van der Waals surface area contributed by atoms with Crippen LogP contribution in [0.4, 0.5) is 4.39 Å². The molecule has 1 amide bonds. The number of imidazole rings is 1. The number of methoxy groups -OCH3 is 1. The first-order valence-corrected chi connectivity index (χ1v) is 12.2. The lowest BCUT2D eigenvalue weighted by atomic mass is 10.00. The average Bonchev–Trinajstić information content (AvgIpc) is 3.25. The Balaban J connectivity index is 2.10. The number of hydrogen-bond acceptors (Lipinski definition) is 4. The van der Waals surface area contributed by atoms with Crippen LogP contribution < -0.4 is 5.73 Å². The van der Waals surface area contributed by atoms with E-state index >= 15 is 0 Å². The zero-order valence-electron chi connectivity index (χ0n) is 20.5. The normalized spacial score (nSPS) is 13.1. The van der Waals surface area contributed by atoms with E-state index in [1.54, 1.807) is 4.90 Å². The lowest BCUT2D eigenvalue weighted by Crippen LogP contribution is -2.43. The second-order valence-corrected chi connectivity index (χ2v) is 9.46. The van der Waals surface area contributed by atoms with Crippen LogP contribution in [0.5, 0.6) is 0 Å². The number of carbonyl (C=O) groups is 1. The van der Waals surface area contributed by atoms with Gasteiger partial charge in [0.2, 0.25) is 5.91 Å². The van der Waals surface area contributed by atoms with Crippen molar-refractivity contribution < 1.29 is 13.9 Å². The Bertz CT molecular complexity index is 1090. The Kier molecular flexibility index (Phi) is 9.83. The molecule has 1 aromatic heterocycles. The molecule has 0 aliphatic heterocycles. The maximum atomic E-state index is 13.2. The van der Waals surface area contributed by atoms with Crippen LogP contribution >= 0.6 is 11.6 Å². The van der Waals surface area contributed by atoms with Crippen molar-refractivity contribution >= 4 is 17.5 Å². The van der Waals surface area contributed by atoms with Crippen LogP contribution in [0.2, 0.25) is 5.02 Å². The molecule has 0 saturated carbocycles. The van der Waals surface area contributed by atoms with E-state index in [2.05, 4.69) is 16.7 Å². The van der Waals surface area contributed by atoms with E-state index in [0.717, 1.165) is 22.6 Å². The number of nitrogens with two attached hydrogens (primary N) is 1. The topological polar surface area (TPSA) is 73.4 Å². The van der Waals surface area contributed by atoms with E-state index in [-0.39, 0.29) is 24.5 Å². The monoisotopic (exact) mass is 500 g/mol. The van der Waals surface area contributed by atoms with Gasteiger partial charge in [0, 0.05) is 43.0 Å². The van der Waals surface area contributed by atoms with Crippen LogP contribution in [-0.2, 0) is 16.1 Å². The molecule has 0 fully saturated rings. The van der Waals surface area contributed by atoms with Crippen molar-refractivity contribution in [2.75, 3.05) is 26.9 Å². The summed E-state index contributed by atoms with van der Waals surface area (Å²) in [6, 6.07) is 16.6. The molecule has 0 spiro atoms. The van der Waals surface area contributed by atoms with Crippen LogP contribution in [0.1, 0.15) is 37.7 Å². The molecule has 0 bridgehead atoms. The number of halogens is 2. The van der Waals surface area contributed by atoms with E-state index < -0.39 is 12.7 Å². The summed E-state index contributed by atoms with van der Waals surface area (Å²) in [5.41, 5.74) is 8.63. The standard InChI is InChI=1S/C27H34ClFN4O2/c1-19(2)26(33(25(34)18-35-3)13-12-23(30)15-29)27-31-24(21-10-7-11-22(28)14-21)17-32(27)16-20-8-5-4-6-9-20/h4-11,14,17,19,23,26H,12-13,15-16,18,30H2,1-3H3. The minimum Gasteiger partial charge on any atom is -0.375 e. The van der Waals surface area contributed by atoms with Gasteiger partial charge in [0.25, 0.3) is 0 Å². The summed E-state index contributed by atoms with van der Waals surface area (Å²) < 4.78 is 20.4. The van der Waals surface area contributed by atoms with Crippen molar-refractivity contribution in [1.82, 2.24) is 14.5 Å².